The Morgan fingerprint density at radius 2 is 1.80 bits per heavy atom. The number of anilines is 1. The lowest BCUT2D eigenvalue weighted by molar-refractivity contribution is -0.129. The van der Waals surface area contributed by atoms with Crippen molar-refractivity contribution in [2.45, 2.75) is 38.3 Å². The smallest absolute Gasteiger partial charge is 0.410 e. The molecule has 0 N–H and O–H groups in total. The molecule has 1 spiro atoms. The van der Waals surface area contributed by atoms with E-state index in [1.165, 1.54) is 0 Å². The molecule has 0 aliphatic carbocycles. The SMILES string of the molecule is COc1ccc(CN2C(=O)C3(CN(C(=O)OC(C)(C)C)C3)c3c(Cl)cccc32)cc1. The normalized spacial score (nSPS) is 17.0. The Morgan fingerprint density at radius 3 is 2.40 bits per heavy atom. The van der Waals surface area contributed by atoms with Crippen molar-refractivity contribution in [3.05, 3.63) is 58.6 Å². The number of carbonyl (C=O) groups is 2. The highest BCUT2D eigenvalue weighted by Crippen LogP contribution is 2.51. The molecule has 2 aliphatic heterocycles. The molecule has 0 bridgehead atoms. The van der Waals surface area contributed by atoms with Crippen molar-refractivity contribution in [1.29, 1.82) is 0 Å². The van der Waals surface area contributed by atoms with E-state index in [0.717, 1.165) is 22.6 Å². The number of carbonyl (C=O) groups excluding carboxylic acids is 2. The average molecular weight is 429 g/mol. The first kappa shape index (κ1) is 20.5. The van der Waals surface area contributed by atoms with Gasteiger partial charge in [0.15, 0.2) is 0 Å². The Bertz CT molecular complexity index is 991. The molecular formula is C23H25ClN2O4. The predicted octanol–water partition coefficient (Wildman–Crippen LogP) is 4.38. The van der Waals surface area contributed by atoms with Crippen molar-refractivity contribution in [1.82, 2.24) is 4.90 Å². The Hall–Kier alpha value is -2.73. The van der Waals surface area contributed by atoms with Crippen LogP contribution in [-0.2, 0) is 21.5 Å². The second-order valence-electron chi connectivity index (χ2n) is 8.79. The van der Waals surface area contributed by atoms with E-state index in [2.05, 4.69) is 0 Å². The zero-order valence-corrected chi connectivity index (χ0v) is 18.3. The summed E-state index contributed by atoms with van der Waals surface area (Å²) in [5.74, 6) is 0.722. The maximum Gasteiger partial charge on any atom is 0.410 e. The number of halogens is 1. The molecule has 1 fully saturated rings. The molecule has 2 aromatic carbocycles. The van der Waals surface area contributed by atoms with Crippen molar-refractivity contribution in [3.8, 4) is 5.75 Å². The zero-order chi connectivity index (χ0) is 21.7. The molecule has 0 radical (unpaired) electrons. The molecule has 6 nitrogen and oxygen atoms in total. The standard InChI is InChI=1S/C23H25ClN2O4/c1-22(2,3)30-21(28)25-13-23(14-25)19-17(24)6-5-7-18(19)26(20(23)27)12-15-8-10-16(29-4)11-9-15/h5-11H,12-14H2,1-4H3. The number of ether oxygens (including phenoxy) is 2. The topological polar surface area (TPSA) is 59.1 Å². The van der Waals surface area contributed by atoms with E-state index in [1.54, 1.807) is 23.0 Å². The number of hydrogen-bond acceptors (Lipinski definition) is 4. The first-order valence-electron chi connectivity index (χ1n) is 9.86. The van der Waals surface area contributed by atoms with E-state index in [-0.39, 0.29) is 19.0 Å². The third-order valence-electron chi connectivity index (χ3n) is 5.49. The van der Waals surface area contributed by atoms with Crippen LogP contribution in [0.1, 0.15) is 31.9 Å². The van der Waals surface area contributed by atoms with Crippen molar-refractivity contribution >= 4 is 29.3 Å². The summed E-state index contributed by atoms with van der Waals surface area (Å²) in [6.07, 6.45) is -0.414. The minimum absolute atomic E-state index is 0.0405. The van der Waals surface area contributed by atoms with E-state index in [1.807, 2.05) is 57.2 Å². The monoisotopic (exact) mass is 428 g/mol. The summed E-state index contributed by atoms with van der Waals surface area (Å²) in [5, 5.41) is 0.543. The minimum atomic E-state index is -0.822. The van der Waals surface area contributed by atoms with Crippen LogP contribution in [0, 0.1) is 0 Å². The molecule has 158 valence electrons. The maximum atomic E-state index is 13.6. The number of methoxy groups -OCH3 is 1. The number of amides is 2. The van der Waals surface area contributed by atoms with Gasteiger partial charge in [-0.15, -0.1) is 0 Å². The zero-order valence-electron chi connectivity index (χ0n) is 17.6. The average Bonchev–Trinajstić information content (AvgIpc) is 2.89. The van der Waals surface area contributed by atoms with Gasteiger partial charge in [-0.05, 0) is 50.6 Å². The van der Waals surface area contributed by atoms with E-state index in [9.17, 15) is 9.59 Å². The summed E-state index contributed by atoms with van der Waals surface area (Å²) in [7, 11) is 1.62. The van der Waals surface area contributed by atoms with Crippen LogP contribution in [-0.4, -0.2) is 42.7 Å². The van der Waals surface area contributed by atoms with Crippen molar-refractivity contribution in [2.24, 2.45) is 0 Å². The molecule has 4 rings (SSSR count). The molecule has 2 amide bonds. The molecule has 0 aromatic heterocycles. The van der Waals surface area contributed by atoms with Crippen LogP contribution in [0.4, 0.5) is 10.5 Å². The molecule has 30 heavy (non-hydrogen) atoms. The number of nitrogens with zero attached hydrogens (tertiary/aromatic N) is 2. The molecule has 2 aliphatic rings. The van der Waals surface area contributed by atoms with Crippen LogP contribution in [0.3, 0.4) is 0 Å². The quantitative estimate of drug-likeness (QED) is 0.727. The van der Waals surface area contributed by atoms with E-state index in [0.29, 0.717) is 11.6 Å². The second-order valence-corrected chi connectivity index (χ2v) is 9.20. The lowest BCUT2D eigenvalue weighted by Gasteiger charge is -2.46. The fourth-order valence-corrected chi connectivity index (χ4v) is 4.46. The lowest BCUT2D eigenvalue weighted by Crippen LogP contribution is -2.65. The molecule has 2 aromatic rings. The van der Waals surface area contributed by atoms with Gasteiger partial charge < -0.3 is 19.3 Å². The van der Waals surface area contributed by atoms with Crippen LogP contribution in [0.2, 0.25) is 5.02 Å². The second kappa shape index (κ2) is 7.20. The molecule has 7 heteroatoms. The lowest BCUT2D eigenvalue weighted by atomic mass is 9.75. The van der Waals surface area contributed by atoms with Gasteiger partial charge in [0.2, 0.25) is 5.91 Å². The Morgan fingerprint density at radius 1 is 1.13 bits per heavy atom. The van der Waals surface area contributed by atoms with E-state index in [4.69, 9.17) is 21.1 Å². The number of fused-ring (bicyclic) bond motifs is 2. The highest BCUT2D eigenvalue weighted by molar-refractivity contribution is 6.33. The highest BCUT2D eigenvalue weighted by atomic mass is 35.5. The minimum Gasteiger partial charge on any atom is -0.497 e. The fourth-order valence-electron chi connectivity index (χ4n) is 4.11. The van der Waals surface area contributed by atoms with Gasteiger partial charge in [-0.3, -0.25) is 4.79 Å². The largest absolute Gasteiger partial charge is 0.497 e. The first-order valence-corrected chi connectivity index (χ1v) is 10.2. The number of rotatable bonds is 3. The van der Waals surface area contributed by atoms with Gasteiger partial charge in [-0.25, -0.2) is 4.79 Å². The summed E-state index contributed by atoms with van der Waals surface area (Å²) < 4.78 is 10.7. The molecule has 0 atom stereocenters. The van der Waals surface area contributed by atoms with Crippen LogP contribution in [0.15, 0.2) is 42.5 Å². The molecule has 0 saturated carbocycles. The molecular weight excluding hydrogens is 404 g/mol. The van der Waals surface area contributed by atoms with Gasteiger partial charge >= 0.3 is 6.09 Å². The highest BCUT2D eigenvalue weighted by Gasteiger charge is 2.60. The Balaban J connectivity index is 1.61. The Kier molecular flexibility index (Phi) is 4.93. The van der Waals surface area contributed by atoms with E-state index >= 15 is 0 Å². The maximum absolute atomic E-state index is 13.6. The summed E-state index contributed by atoms with van der Waals surface area (Å²) in [6.45, 7) is 6.41. The van der Waals surface area contributed by atoms with Gasteiger partial charge in [0.1, 0.15) is 16.8 Å². The number of likely N-dealkylation sites (tertiary alicyclic amines) is 1. The van der Waals surface area contributed by atoms with Gasteiger partial charge in [0, 0.05) is 29.4 Å². The van der Waals surface area contributed by atoms with Crippen molar-refractivity contribution < 1.29 is 19.1 Å². The fraction of sp³-hybridized carbons (Fsp3) is 0.391. The van der Waals surface area contributed by atoms with Crippen LogP contribution in [0.25, 0.3) is 0 Å². The van der Waals surface area contributed by atoms with E-state index < -0.39 is 17.1 Å². The molecule has 1 saturated heterocycles. The third-order valence-corrected chi connectivity index (χ3v) is 5.80. The predicted molar refractivity (Wildman–Crippen MR) is 115 cm³/mol. The van der Waals surface area contributed by atoms with Gasteiger partial charge in [0.05, 0.1) is 13.7 Å². The van der Waals surface area contributed by atoms with Crippen LogP contribution < -0.4 is 9.64 Å². The number of hydrogen-bond donors (Lipinski definition) is 0. The number of benzene rings is 2. The summed E-state index contributed by atoms with van der Waals surface area (Å²) in [4.78, 5) is 29.3. The van der Waals surface area contributed by atoms with Crippen molar-refractivity contribution in [3.63, 3.8) is 0 Å². The van der Waals surface area contributed by atoms with Gasteiger partial charge in [-0.1, -0.05) is 29.8 Å². The summed E-state index contributed by atoms with van der Waals surface area (Å²) in [5.41, 5.74) is 1.17. The summed E-state index contributed by atoms with van der Waals surface area (Å²) in [6, 6.07) is 13.2. The first-order chi connectivity index (χ1) is 14.1. The third kappa shape index (κ3) is 3.39. The Labute approximate surface area is 181 Å². The molecule has 0 unspecified atom stereocenters. The van der Waals surface area contributed by atoms with Gasteiger partial charge in [0.25, 0.3) is 0 Å². The van der Waals surface area contributed by atoms with Crippen LogP contribution >= 0.6 is 11.6 Å². The summed E-state index contributed by atoms with van der Waals surface area (Å²) >= 11 is 6.54. The van der Waals surface area contributed by atoms with Crippen molar-refractivity contribution in [2.75, 3.05) is 25.1 Å². The van der Waals surface area contributed by atoms with Crippen LogP contribution in [0.5, 0.6) is 5.75 Å². The van der Waals surface area contributed by atoms with Gasteiger partial charge in [-0.2, -0.15) is 0 Å². The molecule has 2 heterocycles.